The summed E-state index contributed by atoms with van der Waals surface area (Å²) < 4.78 is 0. The van der Waals surface area contributed by atoms with Crippen LogP contribution in [-0.2, 0) is 5.33 Å². The summed E-state index contributed by atoms with van der Waals surface area (Å²) in [5, 5.41) is 11.3. The van der Waals surface area contributed by atoms with Gasteiger partial charge >= 0.3 is 0 Å². The van der Waals surface area contributed by atoms with Gasteiger partial charge in [-0.25, -0.2) is 0 Å². The SMILES string of the molecule is CN=Cc1c(N)cc(CBr)cc1[N+](=O)[O-]. The van der Waals surface area contributed by atoms with E-state index in [1.807, 2.05) is 0 Å². The minimum Gasteiger partial charge on any atom is -0.398 e. The number of anilines is 1. The fraction of sp³-hybridized carbons (Fsp3) is 0.222. The van der Waals surface area contributed by atoms with Gasteiger partial charge in [0.15, 0.2) is 0 Å². The first-order valence-electron chi connectivity index (χ1n) is 4.15. The van der Waals surface area contributed by atoms with E-state index >= 15 is 0 Å². The monoisotopic (exact) mass is 271 g/mol. The number of hydrogen-bond donors (Lipinski definition) is 1. The van der Waals surface area contributed by atoms with Gasteiger partial charge in [0.25, 0.3) is 5.69 Å². The lowest BCUT2D eigenvalue weighted by Crippen LogP contribution is -2.01. The highest BCUT2D eigenvalue weighted by atomic mass is 79.9. The summed E-state index contributed by atoms with van der Waals surface area (Å²) in [5.41, 5.74) is 7.18. The highest BCUT2D eigenvalue weighted by Gasteiger charge is 2.16. The Kier molecular flexibility index (Phi) is 3.79. The number of nitrogens with zero attached hydrogens (tertiary/aromatic N) is 2. The molecular formula is C9H10BrN3O2. The normalized spacial score (nSPS) is 10.8. The lowest BCUT2D eigenvalue weighted by Gasteiger charge is -2.04. The molecule has 0 spiro atoms. The van der Waals surface area contributed by atoms with Crippen LogP contribution in [0.3, 0.4) is 0 Å². The number of nitrogens with two attached hydrogens (primary N) is 1. The van der Waals surface area contributed by atoms with Crippen molar-refractivity contribution in [2.75, 3.05) is 12.8 Å². The second-order valence-electron chi connectivity index (χ2n) is 2.90. The zero-order valence-corrected chi connectivity index (χ0v) is 9.69. The van der Waals surface area contributed by atoms with E-state index in [1.165, 1.54) is 12.3 Å². The van der Waals surface area contributed by atoms with Crippen molar-refractivity contribution in [1.82, 2.24) is 0 Å². The molecule has 2 N–H and O–H groups in total. The maximum Gasteiger partial charge on any atom is 0.280 e. The summed E-state index contributed by atoms with van der Waals surface area (Å²) in [6, 6.07) is 3.18. The molecule has 0 unspecified atom stereocenters. The molecule has 0 radical (unpaired) electrons. The van der Waals surface area contributed by atoms with E-state index in [2.05, 4.69) is 20.9 Å². The third-order valence-electron chi connectivity index (χ3n) is 1.86. The van der Waals surface area contributed by atoms with Crippen molar-refractivity contribution in [3.05, 3.63) is 33.4 Å². The second-order valence-corrected chi connectivity index (χ2v) is 3.46. The van der Waals surface area contributed by atoms with E-state index in [0.717, 1.165) is 5.56 Å². The van der Waals surface area contributed by atoms with Gasteiger partial charge in [-0.1, -0.05) is 15.9 Å². The van der Waals surface area contributed by atoms with Gasteiger partial charge in [-0.15, -0.1) is 0 Å². The van der Waals surface area contributed by atoms with Crippen LogP contribution >= 0.6 is 15.9 Å². The lowest BCUT2D eigenvalue weighted by molar-refractivity contribution is -0.385. The van der Waals surface area contributed by atoms with Crippen LogP contribution < -0.4 is 5.73 Å². The number of nitro benzene ring substituents is 1. The Balaban J connectivity index is 3.42. The number of halogens is 1. The summed E-state index contributed by atoms with van der Waals surface area (Å²) in [6.07, 6.45) is 1.39. The molecule has 0 amide bonds. The van der Waals surface area contributed by atoms with Crippen molar-refractivity contribution in [1.29, 1.82) is 0 Å². The predicted molar refractivity (Wildman–Crippen MR) is 63.7 cm³/mol. The smallest absolute Gasteiger partial charge is 0.280 e. The minimum absolute atomic E-state index is 0.0185. The van der Waals surface area contributed by atoms with Crippen LogP contribution in [0, 0.1) is 10.1 Å². The number of aliphatic imine (C=N–C) groups is 1. The summed E-state index contributed by atoms with van der Waals surface area (Å²) in [6.45, 7) is 0. The number of alkyl halides is 1. The standard InChI is InChI=1S/C9H10BrN3O2/c1-12-5-7-8(11)2-6(4-10)3-9(7)13(14)15/h2-3,5H,4,11H2,1H3. The van der Waals surface area contributed by atoms with Gasteiger partial charge in [0.2, 0.25) is 0 Å². The predicted octanol–water partition coefficient (Wildman–Crippen LogP) is 2.12. The van der Waals surface area contributed by atoms with Crippen molar-refractivity contribution < 1.29 is 4.92 Å². The fourth-order valence-electron chi connectivity index (χ4n) is 1.22. The van der Waals surface area contributed by atoms with Gasteiger partial charge in [-0.05, 0) is 11.6 Å². The molecule has 0 aliphatic rings. The number of rotatable bonds is 3. The summed E-state index contributed by atoms with van der Waals surface area (Å²) in [4.78, 5) is 14.1. The number of benzene rings is 1. The first-order chi connectivity index (χ1) is 7.10. The molecule has 0 aromatic heterocycles. The molecule has 0 atom stereocenters. The molecule has 80 valence electrons. The molecule has 0 saturated heterocycles. The zero-order chi connectivity index (χ0) is 11.4. The maximum absolute atomic E-state index is 10.8. The van der Waals surface area contributed by atoms with Crippen LogP contribution in [0.15, 0.2) is 17.1 Å². The lowest BCUT2D eigenvalue weighted by atomic mass is 10.1. The van der Waals surface area contributed by atoms with Crippen LogP contribution in [0.25, 0.3) is 0 Å². The van der Waals surface area contributed by atoms with E-state index in [0.29, 0.717) is 16.6 Å². The van der Waals surface area contributed by atoms with Gasteiger partial charge in [0.05, 0.1) is 10.5 Å². The van der Waals surface area contributed by atoms with Crippen molar-refractivity contribution in [2.24, 2.45) is 4.99 Å². The van der Waals surface area contributed by atoms with Gasteiger partial charge in [-0.2, -0.15) is 0 Å². The third-order valence-corrected chi connectivity index (χ3v) is 2.51. The first kappa shape index (κ1) is 11.6. The van der Waals surface area contributed by atoms with E-state index in [9.17, 15) is 10.1 Å². The molecule has 0 bridgehead atoms. The fourth-order valence-corrected chi connectivity index (χ4v) is 1.54. The molecule has 1 rings (SSSR count). The Labute approximate surface area is 95.3 Å². The molecule has 0 aliphatic carbocycles. The molecule has 1 aromatic rings. The minimum atomic E-state index is -0.459. The molecule has 0 aliphatic heterocycles. The Morgan fingerprint density at radius 2 is 2.33 bits per heavy atom. The van der Waals surface area contributed by atoms with Crippen LogP contribution in [0.4, 0.5) is 11.4 Å². The van der Waals surface area contributed by atoms with E-state index < -0.39 is 4.92 Å². The van der Waals surface area contributed by atoms with Gasteiger partial charge in [0, 0.05) is 30.3 Å². The zero-order valence-electron chi connectivity index (χ0n) is 8.11. The van der Waals surface area contributed by atoms with Gasteiger partial charge in [0.1, 0.15) is 0 Å². The Hall–Kier alpha value is -1.43. The second kappa shape index (κ2) is 4.88. The van der Waals surface area contributed by atoms with Crippen LogP contribution in [0.5, 0.6) is 0 Å². The molecule has 0 heterocycles. The molecule has 5 nitrogen and oxygen atoms in total. The Morgan fingerprint density at radius 1 is 1.67 bits per heavy atom. The van der Waals surface area contributed by atoms with E-state index in [1.54, 1.807) is 13.1 Å². The molecule has 1 aromatic carbocycles. The van der Waals surface area contributed by atoms with E-state index in [4.69, 9.17) is 5.73 Å². The molecule has 15 heavy (non-hydrogen) atoms. The van der Waals surface area contributed by atoms with Crippen molar-refractivity contribution in [3.8, 4) is 0 Å². The largest absolute Gasteiger partial charge is 0.398 e. The van der Waals surface area contributed by atoms with Crippen molar-refractivity contribution in [3.63, 3.8) is 0 Å². The summed E-state index contributed by atoms with van der Waals surface area (Å²) in [5.74, 6) is 0. The van der Waals surface area contributed by atoms with Gasteiger partial charge in [-0.3, -0.25) is 15.1 Å². The highest BCUT2D eigenvalue weighted by Crippen LogP contribution is 2.26. The molecule has 0 fully saturated rings. The van der Waals surface area contributed by atoms with Crippen LogP contribution in [-0.4, -0.2) is 18.2 Å². The topological polar surface area (TPSA) is 81.5 Å². The number of nitro groups is 1. The summed E-state index contributed by atoms with van der Waals surface area (Å²) >= 11 is 3.23. The quantitative estimate of drug-likeness (QED) is 0.301. The first-order valence-corrected chi connectivity index (χ1v) is 5.27. The van der Waals surface area contributed by atoms with Crippen LogP contribution in [0.2, 0.25) is 0 Å². The highest BCUT2D eigenvalue weighted by molar-refractivity contribution is 9.08. The number of nitrogen functional groups attached to an aromatic ring is 1. The average molecular weight is 272 g/mol. The maximum atomic E-state index is 10.8. The molecule has 0 saturated carbocycles. The van der Waals surface area contributed by atoms with Crippen molar-refractivity contribution in [2.45, 2.75) is 5.33 Å². The molecular weight excluding hydrogens is 262 g/mol. The summed E-state index contributed by atoms with van der Waals surface area (Å²) in [7, 11) is 1.54. The number of hydrogen-bond acceptors (Lipinski definition) is 4. The Morgan fingerprint density at radius 3 is 2.80 bits per heavy atom. The van der Waals surface area contributed by atoms with E-state index in [-0.39, 0.29) is 5.69 Å². The van der Waals surface area contributed by atoms with Crippen molar-refractivity contribution >= 4 is 33.5 Å². The molecule has 6 heteroatoms. The third kappa shape index (κ3) is 2.53. The van der Waals surface area contributed by atoms with Gasteiger partial charge < -0.3 is 5.73 Å². The Bertz CT molecular complexity index is 418. The average Bonchev–Trinajstić information content (AvgIpc) is 2.20. The van der Waals surface area contributed by atoms with Crippen LogP contribution in [0.1, 0.15) is 11.1 Å².